The van der Waals surface area contributed by atoms with Crippen molar-refractivity contribution in [1.82, 2.24) is 10.2 Å². The molecule has 1 heterocycles. The molecular formula is C12H13N3. The van der Waals surface area contributed by atoms with Crippen LogP contribution in [0, 0.1) is 0 Å². The maximum absolute atomic E-state index is 3.94. The molecule has 0 amide bonds. The zero-order chi connectivity index (χ0) is 10.1. The Morgan fingerprint density at radius 3 is 2.53 bits per heavy atom. The molecule has 0 bridgehead atoms. The standard InChI is InChI=1S/C12H13N3/c1-3-10(14-11-5-6-11)4-2-9(1)12-7-8-13-15-12/h1-4,7-8,11,14H,5-6H2,(H,13,15). The van der Waals surface area contributed by atoms with Crippen molar-refractivity contribution in [2.24, 2.45) is 0 Å². The summed E-state index contributed by atoms with van der Waals surface area (Å²) in [5, 5.41) is 10.4. The average Bonchev–Trinajstić information content (AvgIpc) is 2.92. The smallest absolute Gasteiger partial charge is 0.0650 e. The largest absolute Gasteiger partial charge is 0.382 e. The minimum Gasteiger partial charge on any atom is -0.382 e. The van der Waals surface area contributed by atoms with Gasteiger partial charge in [-0.2, -0.15) is 5.10 Å². The molecule has 2 N–H and O–H groups in total. The van der Waals surface area contributed by atoms with Crippen molar-refractivity contribution in [1.29, 1.82) is 0 Å². The Balaban J connectivity index is 1.80. The second kappa shape index (κ2) is 3.42. The number of nitrogens with zero attached hydrogens (tertiary/aromatic N) is 1. The van der Waals surface area contributed by atoms with E-state index < -0.39 is 0 Å². The van der Waals surface area contributed by atoms with Gasteiger partial charge in [-0.1, -0.05) is 12.1 Å². The highest BCUT2D eigenvalue weighted by Gasteiger charge is 2.20. The van der Waals surface area contributed by atoms with E-state index in [1.54, 1.807) is 6.20 Å². The summed E-state index contributed by atoms with van der Waals surface area (Å²) >= 11 is 0. The lowest BCUT2D eigenvalue weighted by Gasteiger charge is -2.04. The lowest BCUT2D eigenvalue weighted by Crippen LogP contribution is -1.99. The van der Waals surface area contributed by atoms with Gasteiger partial charge in [0.2, 0.25) is 0 Å². The van der Waals surface area contributed by atoms with Crippen LogP contribution in [0.4, 0.5) is 5.69 Å². The second-order valence-corrected chi connectivity index (χ2v) is 3.97. The van der Waals surface area contributed by atoms with Gasteiger partial charge in [-0.25, -0.2) is 0 Å². The van der Waals surface area contributed by atoms with Crippen molar-refractivity contribution in [2.45, 2.75) is 18.9 Å². The highest BCUT2D eigenvalue weighted by molar-refractivity contribution is 5.62. The molecule has 1 aliphatic carbocycles. The molecule has 0 spiro atoms. The van der Waals surface area contributed by atoms with Crippen LogP contribution in [-0.2, 0) is 0 Å². The van der Waals surface area contributed by atoms with E-state index in [1.165, 1.54) is 24.1 Å². The third-order valence-corrected chi connectivity index (χ3v) is 2.64. The van der Waals surface area contributed by atoms with Gasteiger partial charge in [-0.3, -0.25) is 5.10 Å². The third-order valence-electron chi connectivity index (χ3n) is 2.64. The van der Waals surface area contributed by atoms with Gasteiger partial charge in [0.15, 0.2) is 0 Å². The first-order chi connectivity index (χ1) is 7.42. The topological polar surface area (TPSA) is 40.7 Å². The fourth-order valence-corrected chi connectivity index (χ4v) is 1.63. The summed E-state index contributed by atoms with van der Waals surface area (Å²) in [7, 11) is 0. The van der Waals surface area contributed by atoms with Gasteiger partial charge in [-0.05, 0) is 36.6 Å². The van der Waals surface area contributed by atoms with E-state index in [0.29, 0.717) is 6.04 Å². The van der Waals surface area contributed by atoms with Crippen LogP contribution in [0.25, 0.3) is 11.3 Å². The summed E-state index contributed by atoms with van der Waals surface area (Å²) < 4.78 is 0. The van der Waals surface area contributed by atoms with Gasteiger partial charge in [-0.15, -0.1) is 0 Å². The number of benzene rings is 1. The molecule has 1 saturated carbocycles. The minimum atomic E-state index is 0.711. The van der Waals surface area contributed by atoms with Crippen molar-refractivity contribution in [3.8, 4) is 11.3 Å². The van der Waals surface area contributed by atoms with Crippen molar-refractivity contribution < 1.29 is 0 Å². The first-order valence-corrected chi connectivity index (χ1v) is 5.28. The Morgan fingerprint density at radius 2 is 1.93 bits per heavy atom. The molecule has 0 aliphatic heterocycles. The molecule has 3 heteroatoms. The quantitative estimate of drug-likeness (QED) is 0.797. The van der Waals surface area contributed by atoms with Crippen molar-refractivity contribution in [2.75, 3.05) is 5.32 Å². The lowest BCUT2D eigenvalue weighted by molar-refractivity contribution is 1.09. The summed E-state index contributed by atoms with van der Waals surface area (Å²) in [6.07, 6.45) is 4.39. The Labute approximate surface area is 88.5 Å². The Bertz CT molecular complexity index is 426. The number of hydrogen-bond donors (Lipinski definition) is 2. The summed E-state index contributed by atoms with van der Waals surface area (Å²) in [6.45, 7) is 0. The van der Waals surface area contributed by atoms with Crippen LogP contribution in [0.15, 0.2) is 36.5 Å². The molecule has 2 aromatic rings. The number of nitrogens with one attached hydrogen (secondary N) is 2. The van der Waals surface area contributed by atoms with Gasteiger partial charge in [0, 0.05) is 17.9 Å². The summed E-state index contributed by atoms with van der Waals surface area (Å²) in [5.41, 5.74) is 3.45. The normalized spacial score (nSPS) is 15.2. The van der Waals surface area contributed by atoms with Crippen LogP contribution in [0.3, 0.4) is 0 Å². The predicted octanol–water partition coefficient (Wildman–Crippen LogP) is 2.65. The van der Waals surface area contributed by atoms with Crippen molar-refractivity contribution in [3.05, 3.63) is 36.5 Å². The lowest BCUT2D eigenvalue weighted by atomic mass is 10.1. The number of aromatic nitrogens is 2. The average molecular weight is 199 g/mol. The summed E-state index contributed by atoms with van der Waals surface area (Å²) in [5.74, 6) is 0. The van der Waals surface area contributed by atoms with Crippen LogP contribution in [-0.4, -0.2) is 16.2 Å². The van der Waals surface area contributed by atoms with E-state index in [4.69, 9.17) is 0 Å². The molecule has 76 valence electrons. The maximum atomic E-state index is 3.94. The first kappa shape index (κ1) is 8.53. The highest BCUT2D eigenvalue weighted by Crippen LogP contribution is 2.26. The fourth-order valence-electron chi connectivity index (χ4n) is 1.63. The summed E-state index contributed by atoms with van der Waals surface area (Å²) in [6, 6.07) is 11.1. The van der Waals surface area contributed by atoms with Gasteiger partial charge < -0.3 is 5.32 Å². The van der Waals surface area contributed by atoms with Crippen LogP contribution < -0.4 is 5.32 Å². The van der Waals surface area contributed by atoms with Gasteiger partial charge in [0.05, 0.1) is 5.69 Å². The van der Waals surface area contributed by atoms with Crippen LogP contribution in [0.5, 0.6) is 0 Å². The van der Waals surface area contributed by atoms with E-state index in [9.17, 15) is 0 Å². The van der Waals surface area contributed by atoms with E-state index >= 15 is 0 Å². The summed E-state index contributed by atoms with van der Waals surface area (Å²) in [4.78, 5) is 0. The van der Waals surface area contributed by atoms with Gasteiger partial charge in [0.1, 0.15) is 0 Å². The van der Waals surface area contributed by atoms with Gasteiger partial charge >= 0.3 is 0 Å². The maximum Gasteiger partial charge on any atom is 0.0650 e. The Hall–Kier alpha value is -1.77. The Kier molecular flexibility index (Phi) is 1.95. The molecular weight excluding hydrogens is 186 g/mol. The van der Waals surface area contributed by atoms with E-state index in [1.807, 2.05) is 6.07 Å². The van der Waals surface area contributed by atoms with Crippen molar-refractivity contribution in [3.63, 3.8) is 0 Å². The molecule has 1 fully saturated rings. The zero-order valence-corrected chi connectivity index (χ0v) is 8.40. The van der Waals surface area contributed by atoms with Gasteiger partial charge in [0.25, 0.3) is 0 Å². The zero-order valence-electron chi connectivity index (χ0n) is 8.40. The minimum absolute atomic E-state index is 0.711. The highest BCUT2D eigenvalue weighted by atomic mass is 15.1. The predicted molar refractivity (Wildman–Crippen MR) is 60.7 cm³/mol. The molecule has 0 unspecified atom stereocenters. The molecule has 1 aromatic heterocycles. The monoisotopic (exact) mass is 199 g/mol. The van der Waals surface area contributed by atoms with Crippen LogP contribution in [0.1, 0.15) is 12.8 Å². The molecule has 0 saturated heterocycles. The number of anilines is 1. The van der Waals surface area contributed by atoms with Crippen LogP contribution >= 0.6 is 0 Å². The molecule has 0 atom stereocenters. The number of rotatable bonds is 3. The van der Waals surface area contributed by atoms with E-state index in [0.717, 1.165) is 5.69 Å². The molecule has 3 rings (SSSR count). The molecule has 3 nitrogen and oxygen atoms in total. The number of hydrogen-bond acceptors (Lipinski definition) is 2. The SMILES string of the molecule is c1cc(-c2ccc(NC3CC3)cc2)[nH]n1. The van der Waals surface area contributed by atoms with E-state index in [-0.39, 0.29) is 0 Å². The third kappa shape index (κ3) is 1.86. The number of aromatic amines is 1. The Morgan fingerprint density at radius 1 is 1.13 bits per heavy atom. The second-order valence-electron chi connectivity index (χ2n) is 3.97. The van der Waals surface area contributed by atoms with Crippen molar-refractivity contribution >= 4 is 5.69 Å². The van der Waals surface area contributed by atoms with E-state index in [2.05, 4.69) is 39.8 Å². The van der Waals surface area contributed by atoms with Crippen LogP contribution in [0.2, 0.25) is 0 Å². The number of H-pyrrole nitrogens is 1. The molecule has 0 radical (unpaired) electrons. The first-order valence-electron chi connectivity index (χ1n) is 5.28. The molecule has 15 heavy (non-hydrogen) atoms. The molecule has 1 aromatic carbocycles. The fraction of sp³-hybridized carbons (Fsp3) is 0.250. The molecule has 1 aliphatic rings.